The van der Waals surface area contributed by atoms with Crippen molar-refractivity contribution in [3.05, 3.63) is 36.7 Å². The Bertz CT molecular complexity index is 640. The maximum atomic E-state index is 11.8. The fraction of sp³-hybridized carbons (Fsp3) is 0.429. The topological polar surface area (TPSA) is 88.2 Å². The number of imidazole rings is 1. The molecule has 0 radical (unpaired) electrons. The molecule has 0 N–H and O–H groups in total. The van der Waals surface area contributed by atoms with Crippen molar-refractivity contribution in [2.45, 2.75) is 32.8 Å². The minimum Gasteiger partial charge on any atom is -0.449 e. The molecule has 118 valence electrons. The number of hydrogen-bond acceptors (Lipinski definition) is 6. The van der Waals surface area contributed by atoms with Crippen LogP contribution in [0.4, 0.5) is 9.59 Å². The molecule has 0 bridgehead atoms. The van der Waals surface area contributed by atoms with Gasteiger partial charge in [0.25, 0.3) is 0 Å². The summed E-state index contributed by atoms with van der Waals surface area (Å²) in [7, 11) is 0. The number of carbonyl (C=O) groups excluding carboxylic acids is 2. The number of aromatic nitrogens is 4. The minimum atomic E-state index is -0.580. The standard InChI is InChI=1S/C14H18N4O4/c1-14(2,3)22-13(20)18-9-11(8-16-18)4-7-21-12(19)17-6-5-15-10-17/h5-6,8-10H,4,7H2,1-3H3. The Morgan fingerprint density at radius 3 is 2.68 bits per heavy atom. The predicted octanol–water partition coefficient (Wildman–Crippen LogP) is 2.09. The number of ether oxygens (including phenoxy) is 2. The first-order valence-corrected chi connectivity index (χ1v) is 6.77. The molecule has 8 heteroatoms. The van der Waals surface area contributed by atoms with E-state index in [1.807, 2.05) is 0 Å². The van der Waals surface area contributed by atoms with Crippen LogP contribution in [-0.4, -0.2) is 43.7 Å². The van der Waals surface area contributed by atoms with E-state index in [-0.39, 0.29) is 6.61 Å². The lowest BCUT2D eigenvalue weighted by Crippen LogP contribution is -2.27. The third-order valence-electron chi connectivity index (χ3n) is 2.55. The summed E-state index contributed by atoms with van der Waals surface area (Å²) in [4.78, 5) is 27.1. The van der Waals surface area contributed by atoms with Gasteiger partial charge in [-0.25, -0.2) is 19.1 Å². The van der Waals surface area contributed by atoms with E-state index in [1.54, 1.807) is 27.0 Å². The molecule has 0 amide bonds. The molecule has 2 aromatic heterocycles. The number of carbonyl (C=O) groups is 2. The van der Waals surface area contributed by atoms with Crippen molar-refractivity contribution in [1.29, 1.82) is 0 Å². The quantitative estimate of drug-likeness (QED) is 0.862. The maximum Gasteiger partial charge on any atom is 0.435 e. The van der Waals surface area contributed by atoms with Crippen molar-refractivity contribution in [3.63, 3.8) is 0 Å². The van der Waals surface area contributed by atoms with E-state index in [2.05, 4.69) is 10.1 Å². The molecule has 0 saturated heterocycles. The lowest BCUT2D eigenvalue weighted by molar-refractivity contribution is 0.0514. The summed E-state index contributed by atoms with van der Waals surface area (Å²) in [5.74, 6) is 0. The molecule has 0 fully saturated rings. The van der Waals surface area contributed by atoms with Gasteiger partial charge in [0.2, 0.25) is 0 Å². The smallest absolute Gasteiger partial charge is 0.435 e. The first-order chi connectivity index (χ1) is 10.3. The van der Waals surface area contributed by atoms with Gasteiger partial charge in [-0.05, 0) is 26.3 Å². The van der Waals surface area contributed by atoms with Gasteiger partial charge in [0.1, 0.15) is 11.9 Å². The summed E-state index contributed by atoms with van der Waals surface area (Å²) in [6.07, 6.45) is 6.85. The molecule has 0 aliphatic rings. The zero-order valence-corrected chi connectivity index (χ0v) is 12.7. The van der Waals surface area contributed by atoms with Gasteiger partial charge < -0.3 is 9.47 Å². The number of nitrogens with zero attached hydrogens (tertiary/aromatic N) is 4. The Balaban J connectivity index is 1.82. The van der Waals surface area contributed by atoms with E-state index >= 15 is 0 Å². The van der Waals surface area contributed by atoms with Crippen LogP contribution in [0.5, 0.6) is 0 Å². The fourth-order valence-corrected chi connectivity index (χ4v) is 1.60. The van der Waals surface area contributed by atoms with E-state index in [0.29, 0.717) is 6.42 Å². The van der Waals surface area contributed by atoms with Crippen LogP contribution < -0.4 is 0 Å². The van der Waals surface area contributed by atoms with E-state index in [0.717, 1.165) is 10.2 Å². The van der Waals surface area contributed by atoms with Gasteiger partial charge in [0.05, 0.1) is 12.8 Å². The Morgan fingerprint density at radius 1 is 1.27 bits per heavy atom. The monoisotopic (exact) mass is 306 g/mol. The first-order valence-electron chi connectivity index (χ1n) is 6.77. The Morgan fingerprint density at radius 2 is 2.05 bits per heavy atom. The lowest BCUT2D eigenvalue weighted by Gasteiger charge is -2.18. The highest BCUT2D eigenvalue weighted by Crippen LogP contribution is 2.09. The van der Waals surface area contributed by atoms with Crippen LogP contribution in [0.1, 0.15) is 26.3 Å². The summed E-state index contributed by atoms with van der Waals surface area (Å²) >= 11 is 0. The van der Waals surface area contributed by atoms with Crippen LogP contribution in [0.3, 0.4) is 0 Å². The van der Waals surface area contributed by atoms with Gasteiger partial charge in [-0.3, -0.25) is 0 Å². The van der Waals surface area contributed by atoms with Gasteiger partial charge >= 0.3 is 12.2 Å². The summed E-state index contributed by atoms with van der Waals surface area (Å²) in [5, 5.41) is 3.93. The normalized spacial score (nSPS) is 11.2. The van der Waals surface area contributed by atoms with Gasteiger partial charge in [-0.1, -0.05) is 0 Å². The molecule has 0 aromatic carbocycles. The highest BCUT2D eigenvalue weighted by atomic mass is 16.6. The average Bonchev–Trinajstić information content (AvgIpc) is 3.08. The van der Waals surface area contributed by atoms with Gasteiger partial charge in [-0.15, -0.1) is 0 Å². The van der Waals surface area contributed by atoms with Crippen molar-refractivity contribution in [1.82, 2.24) is 19.3 Å². The van der Waals surface area contributed by atoms with Crippen LogP contribution in [0, 0.1) is 0 Å². The summed E-state index contributed by atoms with van der Waals surface area (Å²) in [6, 6.07) is 0. The second-order valence-corrected chi connectivity index (χ2v) is 5.61. The van der Waals surface area contributed by atoms with Crippen LogP contribution in [0.15, 0.2) is 31.1 Å². The largest absolute Gasteiger partial charge is 0.449 e. The zero-order valence-electron chi connectivity index (χ0n) is 12.7. The highest BCUT2D eigenvalue weighted by molar-refractivity contribution is 5.70. The van der Waals surface area contributed by atoms with E-state index in [1.165, 1.54) is 29.5 Å². The molecule has 0 saturated carbocycles. The molecule has 0 aliphatic heterocycles. The number of hydrogen-bond donors (Lipinski definition) is 0. The van der Waals surface area contributed by atoms with Crippen LogP contribution in [0.2, 0.25) is 0 Å². The third-order valence-corrected chi connectivity index (χ3v) is 2.55. The summed E-state index contributed by atoms with van der Waals surface area (Å²) in [5.41, 5.74) is 0.188. The molecule has 0 aliphatic carbocycles. The zero-order chi connectivity index (χ0) is 16.2. The SMILES string of the molecule is CC(C)(C)OC(=O)n1cc(CCOC(=O)n2ccnc2)cn1. The Kier molecular flexibility index (Phi) is 4.59. The van der Waals surface area contributed by atoms with Gasteiger partial charge in [-0.2, -0.15) is 9.78 Å². The molecular weight excluding hydrogens is 288 g/mol. The van der Waals surface area contributed by atoms with Crippen LogP contribution >= 0.6 is 0 Å². The van der Waals surface area contributed by atoms with Crippen molar-refractivity contribution < 1.29 is 19.1 Å². The Hall–Kier alpha value is -2.64. The summed E-state index contributed by atoms with van der Waals surface area (Å²) < 4.78 is 12.6. The van der Waals surface area contributed by atoms with E-state index in [9.17, 15) is 9.59 Å². The van der Waals surface area contributed by atoms with Crippen molar-refractivity contribution >= 4 is 12.2 Å². The van der Waals surface area contributed by atoms with Gasteiger partial charge in [0, 0.05) is 25.0 Å². The second kappa shape index (κ2) is 6.42. The molecule has 8 nitrogen and oxygen atoms in total. The molecule has 2 aromatic rings. The first kappa shape index (κ1) is 15.7. The molecule has 0 spiro atoms. The molecule has 0 unspecified atom stereocenters. The average molecular weight is 306 g/mol. The molecular formula is C14H18N4O4. The fourth-order valence-electron chi connectivity index (χ4n) is 1.60. The highest BCUT2D eigenvalue weighted by Gasteiger charge is 2.18. The van der Waals surface area contributed by atoms with Crippen LogP contribution in [0.25, 0.3) is 0 Å². The van der Waals surface area contributed by atoms with Gasteiger partial charge in [0.15, 0.2) is 0 Å². The van der Waals surface area contributed by atoms with E-state index in [4.69, 9.17) is 9.47 Å². The van der Waals surface area contributed by atoms with Crippen molar-refractivity contribution in [2.24, 2.45) is 0 Å². The second-order valence-electron chi connectivity index (χ2n) is 5.61. The van der Waals surface area contributed by atoms with Crippen molar-refractivity contribution in [2.75, 3.05) is 6.61 Å². The van der Waals surface area contributed by atoms with E-state index < -0.39 is 17.8 Å². The Labute approximate surface area is 127 Å². The molecule has 2 heterocycles. The predicted molar refractivity (Wildman–Crippen MR) is 76.5 cm³/mol. The molecule has 22 heavy (non-hydrogen) atoms. The maximum absolute atomic E-state index is 11.8. The van der Waals surface area contributed by atoms with Crippen LogP contribution in [-0.2, 0) is 15.9 Å². The third kappa shape index (κ3) is 4.44. The minimum absolute atomic E-state index is 0.178. The summed E-state index contributed by atoms with van der Waals surface area (Å²) in [6.45, 7) is 5.53. The lowest BCUT2D eigenvalue weighted by atomic mass is 10.2. The molecule has 0 atom stereocenters. The van der Waals surface area contributed by atoms with Crippen molar-refractivity contribution in [3.8, 4) is 0 Å². The molecule has 2 rings (SSSR count). The number of rotatable bonds is 3.